The van der Waals surface area contributed by atoms with Crippen molar-refractivity contribution >= 4 is 5.96 Å². The van der Waals surface area contributed by atoms with Crippen LogP contribution in [-0.4, -0.2) is 64.4 Å². The molecule has 0 atom stereocenters. The average Bonchev–Trinajstić information content (AvgIpc) is 3.19. The molecule has 1 fully saturated rings. The minimum absolute atomic E-state index is 0.553. The van der Waals surface area contributed by atoms with Crippen LogP contribution in [0.1, 0.15) is 36.8 Å². The fraction of sp³-hybridized carbons (Fsp3) is 0.667. The predicted octanol–water partition coefficient (Wildman–Crippen LogP) is 2.56. The fourth-order valence-corrected chi connectivity index (χ4v) is 3.25. The van der Waals surface area contributed by atoms with Gasteiger partial charge in [0.2, 0.25) is 0 Å². The van der Waals surface area contributed by atoms with E-state index in [0.29, 0.717) is 19.8 Å². The number of aryl methyl sites for hydroxylation is 1. The van der Waals surface area contributed by atoms with Crippen molar-refractivity contribution in [3.8, 4) is 5.75 Å². The van der Waals surface area contributed by atoms with E-state index < -0.39 is 0 Å². The monoisotopic (exact) mass is 376 g/mol. The van der Waals surface area contributed by atoms with E-state index in [9.17, 15) is 0 Å². The van der Waals surface area contributed by atoms with Crippen molar-refractivity contribution in [1.29, 1.82) is 0 Å². The number of likely N-dealkylation sites (tertiary alicyclic amines) is 1. The highest BCUT2D eigenvalue weighted by Crippen LogP contribution is 2.20. The van der Waals surface area contributed by atoms with Crippen LogP contribution in [0.25, 0.3) is 0 Å². The molecule has 0 amide bonds. The number of nitrogens with one attached hydrogen (secondary N) is 2. The molecule has 1 aromatic carbocycles. The van der Waals surface area contributed by atoms with Crippen molar-refractivity contribution in [2.75, 3.05) is 53.6 Å². The van der Waals surface area contributed by atoms with Gasteiger partial charge in [0, 0.05) is 32.8 Å². The summed E-state index contributed by atoms with van der Waals surface area (Å²) in [5, 5.41) is 6.79. The predicted molar refractivity (Wildman–Crippen MR) is 112 cm³/mol. The van der Waals surface area contributed by atoms with E-state index in [1.165, 1.54) is 44.5 Å². The number of guanidine groups is 1. The molecule has 0 aromatic heterocycles. The lowest BCUT2D eigenvalue weighted by Crippen LogP contribution is -2.37. The first-order valence-corrected chi connectivity index (χ1v) is 10.1. The van der Waals surface area contributed by atoms with Crippen molar-refractivity contribution in [2.45, 2.75) is 39.2 Å². The Balaban J connectivity index is 1.71. The summed E-state index contributed by atoms with van der Waals surface area (Å²) in [5.41, 5.74) is 2.31. The summed E-state index contributed by atoms with van der Waals surface area (Å²) in [6.45, 7) is 8.61. The molecule has 1 aromatic rings. The Hall–Kier alpha value is -1.79. The molecule has 1 aliphatic rings. The average molecular weight is 377 g/mol. The summed E-state index contributed by atoms with van der Waals surface area (Å²) >= 11 is 0. The minimum Gasteiger partial charge on any atom is -0.491 e. The van der Waals surface area contributed by atoms with Gasteiger partial charge in [-0.3, -0.25) is 4.99 Å². The van der Waals surface area contributed by atoms with Gasteiger partial charge >= 0.3 is 0 Å². The zero-order valence-electron chi connectivity index (χ0n) is 17.2. The Morgan fingerprint density at radius 3 is 2.70 bits per heavy atom. The second kappa shape index (κ2) is 12.6. The molecular weight excluding hydrogens is 340 g/mol. The highest BCUT2D eigenvalue weighted by Gasteiger charge is 2.10. The van der Waals surface area contributed by atoms with Crippen molar-refractivity contribution in [3.05, 3.63) is 29.3 Å². The lowest BCUT2D eigenvalue weighted by molar-refractivity contribution is 0.145. The van der Waals surface area contributed by atoms with E-state index in [1.807, 2.05) is 7.05 Å². The van der Waals surface area contributed by atoms with Crippen molar-refractivity contribution in [2.24, 2.45) is 4.99 Å². The van der Waals surface area contributed by atoms with E-state index in [-0.39, 0.29) is 0 Å². The summed E-state index contributed by atoms with van der Waals surface area (Å²) in [5.74, 6) is 1.74. The van der Waals surface area contributed by atoms with Gasteiger partial charge < -0.3 is 25.0 Å². The molecule has 27 heavy (non-hydrogen) atoms. The minimum atomic E-state index is 0.553. The summed E-state index contributed by atoms with van der Waals surface area (Å²) < 4.78 is 10.9. The highest BCUT2D eigenvalue weighted by atomic mass is 16.5. The van der Waals surface area contributed by atoms with Crippen LogP contribution in [0, 0.1) is 6.92 Å². The zero-order valence-corrected chi connectivity index (χ0v) is 17.2. The zero-order chi connectivity index (χ0) is 19.3. The first-order valence-electron chi connectivity index (χ1n) is 10.1. The topological polar surface area (TPSA) is 58.1 Å². The van der Waals surface area contributed by atoms with Crippen LogP contribution in [0.2, 0.25) is 0 Å². The molecule has 1 heterocycles. The highest BCUT2D eigenvalue weighted by molar-refractivity contribution is 5.79. The Morgan fingerprint density at radius 1 is 1.15 bits per heavy atom. The van der Waals surface area contributed by atoms with E-state index in [0.717, 1.165) is 30.2 Å². The molecule has 0 spiro atoms. The van der Waals surface area contributed by atoms with Crippen LogP contribution >= 0.6 is 0 Å². The summed E-state index contributed by atoms with van der Waals surface area (Å²) in [4.78, 5) is 6.89. The van der Waals surface area contributed by atoms with Crippen molar-refractivity contribution in [1.82, 2.24) is 15.5 Å². The van der Waals surface area contributed by atoms with Crippen LogP contribution in [-0.2, 0) is 11.3 Å². The van der Waals surface area contributed by atoms with Gasteiger partial charge in [0.05, 0.1) is 6.61 Å². The standard InChI is InChI=1S/C21H36N4O2/c1-18-8-9-19(20(16-18)27-15-14-26-3)17-24-21(22-2)23-10-4-5-11-25-12-6-7-13-25/h8-9,16H,4-7,10-15,17H2,1-3H3,(H2,22,23,24). The SMILES string of the molecule is CN=C(NCCCCN1CCCC1)NCc1ccc(C)cc1OCCOC. The van der Waals surface area contributed by atoms with Crippen LogP contribution in [0.3, 0.4) is 0 Å². The molecule has 1 aliphatic heterocycles. The second-order valence-electron chi connectivity index (χ2n) is 7.06. The van der Waals surface area contributed by atoms with E-state index in [1.54, 1.807) is 7.11 Å². The third kappa shape index (κ3) is 8.18. The van der Waals surface area contributed by atoms with Gasteiger partial charge in [0.25, 0.3) is 0 Å². The fourth-order valence-electron chi connectivity index (χ4n) is 3.25. The lowest BCUT2D eigenvalue weighted by Gasteiger charge is -2.16. The van der Waals surface area contributed by atoms with E-state index in [2.05, 4.69) is 45.6 Å². The smallest absolute Gasteiger partial charge is 0.191 e. The number of ether oxygens (including phenoxy) is 2. The quantitative estimate of drug-likeness (QED) is 0.353. The summed E-state index contributed by atoms with van der Waals surface area (Å²) in [6, 6.07) is 6.28. The first kappa shape index (κ1) is 21.5. The van der Waals surface area contributed by atoms with Crippen molar-refractivity contribution < 1.29 is 9.47 Å². The second-order valence-corrected chi connectivity index (χ2v) is 7.06. The number of hydrogen-bond donors (Lipinski definition) is 2. The molecule has 0 aliphatic carbocycles. The first-order chi connectivity index (χ1) is 13.2. The normalized spacial score (nSPS) is 15.1. The van der Waals surface area contributed by atoms with Crippen LogP contribution in [0.5, 0.6) is 5.75 Å². The van der Waals surface area contributed by atoms with Gasteiger partial charge in [-0.25, -0.2) is 0 Å². The number of nitrogens with zero attached hydrogens (tertiary/aromatic N) is 2. The molecule has 2 N–H and O–H groups in total. The maximum atomic E-state index is 5.86. The summed E-state index contributed by atoms with van der Waals surface area (Å²) in [7, 11) is 3.49. The lowest BCUT2D eigenvalue weighted by atomic mass is 10.1. The van der Waals surface area contributed by atoms with Crippen LogP contribution in [0.15, 0.2) is 23.2 Å². The molecule has 0 radical (unpaired) electrons. The van der Waals surface area contributed by atoms with Crippen LogP contribution in [0.4, 0.5) is 0 Å². The maximum Gasteiger partial charge on any atom is 0.191 e. The van der Waals surface area contributed by atoms with Gasteiger partial charge in [0.15, 0.2) is 5.96 Å². The van der Waals surface area contributed by atoms with Gasteiger partial charge in [-0.05, 0) is 63.9 Å². The van der Waals surface area contributed by atoms with Crippen molar-refractivity contribution in [3.63, 3.8) is 0 Å². The molecule has 2 rings (SSSR count). The molecule has 1 saturated heterocycles. The van der Waals surface area contributed by atoms with Gasteiger partial charge in [-0.15, -0.1) is 0 Å². The Bertz CT molecular complexity index is 571. The number of hydrogen-bond acceptors (Lipinski definition) is 4. The molecular formula is C21H36N4O2. The number of methoxy groups -OCH3 is 1. The Morgan fingerprint density at radius 2 is 1.96 bits per heavy atom. The molecule has 6 nitrogen and oxygen atoms in total. The molecule has 0 unspecified atom stereocenters. The third-order valence-electron chi connectivity index (χ3n) is 4.83. The maximum absolute atomic E-state index is 5.86. The van der Waals surface area contributed by atoms with Crippen LogP contribution < -0.4 is 15.4 Å². The van der Waals surface area contributed by atoms with E-state index in [4.69, 9.17) is 9.47 Å². The Kier molecular flexibility index (Phi) is 10.0. The largest absolute Gasteiger partial charge is 0.491 e. The van der Waals surface area contributed by atoms with Gasteiger partial charge in [-0.2, -0.15) is 0 Å². The molecule has 0 saturated carbocycles. The number of benzene rings is 1. The number of aliphatic imine (C=N–C) groups is 1. The number of rotatable bonds is 11. The summed E-state index contributed by atoms with van der Waals surface area (Å²) in [6.07, 6.45) is 5.13. The third-order valence-corrected chi connectivity index (χ3v) is 4.83. The van der Waals surface area contributed by atoms with Gasteiger partial charge in [0.1, 0.15) is 12.4 Å². The molecule has 0 bridgehead atoms. The molecule has 152 valence electrons. The van der Waals surface area contributed by atoms with E-state index >= 15 is 0 Å². The molecule has 6 heteroatoms. The van der Waals surface area contributed by atoms with Gasteiger partial charge in [-0.1, -0.05) is 12.1 Å². The Labute approximate surface area is 164 Å². The number of unbranched alkanes of at least 4 members (excludes halogenated alkanes) is 1.